The smallest absolute Gasteiger partial charge is 0.292 e. The van der Waals surface area contributed by atoms with Crippen LogP contribution in [0.2, 0.25) is 0 Å². The molecule has 1 N–H and O–H groups in total. The molecule has 0 saturated heterocycles. The molecular weight excluding hydrogens is 336 g/mol. The predicted octanol–water partition coefficient (Wildman–Crippen LogP) is 6.16. The van der Waals surface area contributed by atoms with Gasteiger partial charge in [0.05, 0.1) is 11.0 Å². The molecule has 0 saturated carbocycles. The van der Waals surface area contributed by atoms with Gasteiger partial charge in [0.1, 0.15) is 5.69 Å². The number of hydrogen-bond acceptors (Lipinski definition) is 3. The molecule has 1 aliphatic heterocycles. The number of anilines is 1. The van der Waals surface area contributed by atoms with Crippen LogP contribution in [-0.2, 0) is 0 Å². The maximum Gasteiger partial charge on any atom is 0.292 e. The van der Waals surface area contributed by atoms with Gasteiger partial charge in [-0.2, -0.15) is 0 Å². The van der Waals surface area contributed by atoms with E-state index >= 15 is 0 Å². The molecule has 4 rings (SSSR count). The van der Waals surface area contributed by atoms with Crippen molar-refractivity contribution in [3.63, 3.8) is 0 Å². The van der Waals surface area contributed by atoms with E-state index in [9.17, 15) is 10.1 Å². The molecule has 2 aromatic carbocycles. The molecule has 4 nitrogen and oxygen atoms in total. The van der Waals surface area contributed by atoms with Gasteiger partial charge in [0.25, 0.3) is 5.69 Å². The van der Waals surface area contributed by atoms with Gasteiger partial charge in [-0.25, -0.2) is 0 Å². The zero-order valence-corrected chi connectivity index (χ0v) is 16.3. The minimum Gasteiger partial charge on any atom is -0.372 e. The van der Waals surface area contributed by atoms with Gasteiger partial charge in [0.2, 0.25) is 0 Å². The summed E-state index contributed by atoms with van der Waals surface area (Å²) < 4.78 is 0. The van der Waals surface area contributed by atoms with Crippen molar-refractivity contribution in [1.82, 2.24) is 0 Å². The van der Waals surface area contributed by atoms with Gasteiger partial charge in [-0.1, -0.05) is 50.3 Å². The number of fused-ring (bicyclic) bond motifs is 3. The first-order valence-electron chi connectivity index (χ1n) is 9.70. The molecule has 2 aliphatic rings. The molecular formula is C23H26N2O2. The Morgan fingerprint density at radius 2 is 1.89 bits per heavy atom. The average Bonchev–Trinajstić information content (AvgIpc) is 3.13. The second-order valence-electron chi connectivity index (χ2n) is 8.18. The van der Waals surface area contributed by atoms with Gasteiger partial charge in [0.15, 0.2) is 0 Å². The first-order chi connectivity index (χ1) is 12.9. The third-order valence-electron chi connectivity index (χ3n) is 6.31. The fraction of sp³-hybridized carbons (Fsp3) is 0.391. The highest BCUT2D eigenvalue weighted by Gasteiger charge is 2.41. The number of rotatable bonds is 3. The third-order valence-corrected chi connectivity index (χ3v) is 6.31. The molecule has 27 heavy (non-hydrogen) atoms. The lowest BCUT2D eigenvalue weighted by atomic mass is 9.74. The van der Waals surface area contributed by atoms with Gasteiger partial charge in [-0.05, 0) is 59.9 Å². The van der Waals surface area contributed by atoms with Crippen LogP contribution in [0.5, 0.6) is 0 Å². The van der Waals surface area contributed by atoms with Crippen LogP contribution in [0.15, 0.2) is 42.5 Å². The summed E-state index contributed by atoms with van der Waals surface area (Å²) in [5, 5.41) is 15.3. The number of allylic oxidation sites excluding steroid dienone is 2. The zero-order valence-electron chi connectivity index (χ0n) is 16.3. The summed E-state index contributed by atoms with van der Waals surface area (Å²) >= 11 is 0. The molecule has 0 aromatic heterocycles. The van der Waals surface area contributed by atoms with Crippen molar-refractivity contribution in [2.45, 2.75) is 52.0 Å². The summed E-state index contributed by atoms with van der Waals surface area (Å²) in [7, 11) is 0. The zero-order chi connectivity index (χ0) is 19.3. The molecule has 0 amide bonds. The van der Waals surface area contributed by atoms with E-state index in [2.05, 4.69) is 62.5 Å². The average molecular weight is 362 g/mol. The molecule has 3 atom stereocenters. The lowest BCUT2D eigenvalue weighted by molar-refractivity contribution is -0.384. The summed E-state index contributed by atoms with van der Waals surface area (Å²) in [6.45, 7) is 8.43. The maximum absolute atomic E-state index is 11.7. The summed E-state index contributed by atoms with van der Waals surface area (Å²) in [6, 6.07) is 10.5. The van der Waals surface area contributed by atoms with Crippen LogP contribution in [0.3, 0.4) is 0 Å². The number of benzene rings is 2. The van der Waals surface area contributed by atoms with E-state index in [4.69, 9.17) is 0 Å². The Morgan fingerprint density at radius 1 is 1.19 bits per heavy atom. The number of nitrogens with one attached hydrogen (secondary N) is 1. The quantitative estimate of drug-likeness (QED) is 0.404. The van der Waals surface area contributed by atoms with Gasteiger partial charge in [-0.15, -0.1) is 0 Å². The van der Waals surface area contributed by atoms with Crippen LogP contribution in [-0.4, -0.2) is 4.92 Å². The van der Waals surface area contributed by atoms with E-state index in [1.807, 2.05) is 6.92 Å². The standard InChI is InChI=1S/C23H26N2O2/c1-13(2)16-8-10-17(11-9-16)22-19-7-5-6-18(19)21-15(4)14(3)12-20(25(26)27)23(21)24-22/h5-6,8-13,18-19,22,24H,7H2,1-4H3/t18-,19-,22-/m1/s1. The van der Waals surface area contributed by atoms with E-state index < -0.39 is 0 Å². The van der Waals surface area contributed by atoms with Gasteiger partial charge >= 0.3 is 0 Å². The van der Waals surface area contributed by atoms with Crippen LogP contribution in [0.4, 0.5) is 11.4 Å². The van der Waals surface area contributed by atoms with Crippen molar-refractivity contribution in [1.29, 1.82) is 0 Å². The van der Waals surface area contributed by atoms with E-state index in [1.165, 1.54) is 16.7 Å². The highest BCUT2D eigenvalue weighted by atomic mass is 16.6. The Hall–Kier alpha value is -2.62. The van der Waals surface area contributed by atoms with Crippen LogP contribution >= 0.6 is 0 Å². The predicted molar refractivity (Wildman–Crippen MR) is 109 cm³/mol. The van der Waals surface area contributed by atoms with Crippen molar-refractivity contribution in [2.24, 2.45) is 5.92 Å². The summed E-state index contributed by atoms with van der Waals surface area (Å²) in [5.41, 5.74) is 6.67. The van der Waals surface area contributed by atoms with E-state index in [0.29, 0.717) is 17.5 Å². The number of nitro benzene ring substituents is 1. The van der Waals surface area contributed by atoms with Crippen molar-refractivity contribution < 1.29 is 4.92 Å². The Bertz CT molecular complexity index is 928. The lowest BCUT2D eigenvalue weighted by Crippen LogP contribution is -2.30. The Labute approximate surface area is 160 Å². The molecule has 4 heteroatoms. The molecule has 0 spiro atoms. The minimum atomic E-state index is -0.254. The second-order valence-corrected chi connectivity index (χ2v) is 8.18. The van der Waals surface area contributed by atoms with Crippen LogP contribution in [0.25, 0.3) is 0 Å². The molecule has 1 aliphatic carbocycles. The highest BCUT2D eigenvalue weighted by Crippen LogP contribution is 2.53. The Balaban J connectivity index is 1.83. The number of nitrogens with zero attached hydrogens (tertiary/aromatic N) is 1. The van der Waals surface area contributed by atoms with Gasteiger partial charge in [0, 0.05) is 12.0 Å². The lowest BCUT2D eigenvalue weighted by Gasteiger charge is -2.38. The summed E-state index contributed by atoms with van der Waals surface area (Å²) in [4.78, 5) is 11.5. The first kappa shape index (κ1) is 17.8. The first-order valence-corrected chi connectivity index (χ1v) is 9.70. The van der Waals surface area contributed by atoms with Crippen molar-refractivity contribution in [2.75, 3.05) is 5.32 Å². The number of nitro groups is 1. The number of aryl methyl sites for hydroxylation is 1. The van der Waals surface area contributed by atoms with E-state index in [-0.39, 0.29) is 22.6 Å². The number of hydrogen-bond donors (Lipinski definition) is 1. The SMILES string of the molecule is Cc1cc([N+](=O)[O-])c2c(c1C)[C@@H]1C=CC[C@H]1[C@@H](c1ccc(C(C)C)cc1)N2. The topological polar surface area (TPSA) is 55.2 Å². The fourth-order valence-corrected chi connectivity index (χ4v) is 4.64. The van der Waals surface area contributed by atoms with Gasteiger partial charge in [-0.3, -0.25) is 10.1 Å². The molecule has 0 bridgehead atoms. The third kappa shape index (κ3) is 2.84. The molecule has 2 aromatic rings. The molecule has 0 radical (unpaired) electrons. The van der Waals surface area contributed by atoms with E-state index in [1.54, 1.807) is 6.07 Å². The van der Waals surface area contributed by atoms with Crippen molar-refractivity contribution in [3.05, 3.63) is 80.4 Å². The Morgan fingerprint density at radius 3 is 2.52 bits per heavy atom. The molecule has 0 unspecified atom stereocenters. The monoisotopic (exact) mass is 362 g/mol. The molecule has 0 fully saturated rings. The largest absolute Gasteiger partial charge is 0.372 e. The van der Waals surface area contributed by atoms with E-state index in [0.717, 1.165) is 17.5 Å². The minimum absolute atomic E-state index is 0.0829. The van der Waals surface area contributed by atoms with Crippen LogP contribution < -0.4 is 5.32 Å². The second kappa shape index (κ2) is 6.52. The van der Waals surface area contributed by atoms with Crippen molar-refractivity contribution in [3.8, 4) is 0 Å². The van der Waals surface area contributed by atoms with Gasteiger partial charge < -0.3 is 5.32 Å². The highest BCUT2D eigenvalue weighted by molar-refractivity contribution is 5.74. The summed E-state index contributed by atoms with van der Waals surface area (Å²) in [6.07, 6.45) is 5.47. The molecule has 140 valence electrons. The maximum atomic E-state index is 11.7. The fourth-order valence-electron chi connectivity index (χ4n) is 4.64. The van der Waals surface area contributed by atoms with Crippen LogP contribution in [0, 0.1) is 29.9 Å². The summed E-state index contributed by atoms with van der Waals surface area (Å²) in [5.74, 6) is 1.11. The van der Waals surface area contributed by atoms with Crippen molar-refractivity contribution >= 4 is 11.4 Å². The van der Waals surface area contributed by atoms with Crippen LogP contribution in [0.1, 0.15) is 66.0 Å². The Kier molecular flexibility index (Phi) is 4.29. The normalized spacial score (nSPS) is 23.1. The molecule has 1 heterocycles.